The summed E-state index contributed by atoms with van der Waals surface area (Å²) in [4.78, 5) is 7.79. The summed E-state index contributed by atoms with van der Waals surface area (Å²) in [5.41, 5.74) is 1.99. The summed E-state index contributed by atoms with van der Waals surface area (Å²) >= 11 is 6.16. The van der Waals surface area contributed by atoms with E-state index in [1.807, 2.05) is 30.5 Å². The first-order chi connectivity index (χ1) is 8.34. The molecule has 0 aliphatic carbocycles. The number of H-pyrrole nitrogens is 1. The van der Waals surface area contributed by atoms with Crippen molar-refractivity contribution in [3.05, 3.63) is 41.3 Å². The van der Waals surface area contributed by atoms with Gasteiger partial charge in [-0.3, -0.25) is 0 Å². The molecule has 88 valence electrons. The molecule has 2 aromatic rings. The first-order valence-electron chi connectivity index (χ1n) is 5.88. The number of benzene rings is 1. The fourth-order valence-electron chi connectivity index (χ4n) is 2.25. The molecule has 1 fully saturated rings. The third kappa shape index (κ3) is 2.08. The number of nitrogens with zero attached hydrogens (tertiary/aromatic N) is 1. The van der Waals surface area contributed by atoms with Crippen LogP contribution < -0.4 is 5.32 Å². The molecule has 0 bridgehead atoms. The van der Waals surface area contributed by atoms with Crippen LogP contribution in [0.2, 0.25) is 5.02 Å². The van der Waals surface area contributed by atoms with E-state index >= 15 is 0 Å². The van der Waals surface area contributed by atoms with Crippen molar-refractivity contribution in [3.63, 3.8) is 0 Å². The summed E-state index contributed by atoms with van der Waals surface area (Å²) in [5, 5.41) is 4.18. The second-order valence-electron chi connectivity index (χ2n) is 4.31. The lowest BCUT2D eigenvalue weighted by Gasteiger charge is -2.05. The highest BCUT2D eigenvalue weighted by Crippen LogP contribution is 2.28. The Kier molecular flexibility index (Phi) is 2.87. The minimum atomic E-state index is 0.367. The second kappa shape index (κ2) is 4.51. The molecular weight excluding hydrogens is 234 g/mol. The second-order valence-corrected chi connectivity index (χ2v) is 4.72. The number of nitrogens with one attached hydrogen (secondary N) is 2. The Bertz CT molecular complexity index is 515. The van der Waals surface area contributed by atoms with Crippen LogP contribution in [0.5, 0.6) is 0 Å². The van der Waals surface area contributed by atoms with E-state index in [9.17, 15) is 0 Å². The van der Waals surface area contributed by atoms with E-state index in [0.717, 1.165) is 35.1 Å². The Hall–Kier alpha value is -1.32. The molecule has 3 nitrogen and oxygen atoms in total. The van der Waals surface area contributed by atoms with Crippen LogP contribution >= 0.6 is 11.6 Å². The molecule has 3 rings (SSSR count). The summed E-state index contributed by atoms with van der Waals surface area (Å²) in [7, 11) is 0. The van der Waals surface area contributed by atoms with Crippen LogP contribution in [0, 0.1) is 0 Å². The zero-order valence-electron chi connectivity index (χ0n) is 9.41. The number of halogens is 1. The molecule has 17 heavy (non-hydrogen) atoms. The molecule has 1 atom stereocenters. The molecule has 2 N–H and O–H groups in total. The molecule has 1 aliphatic heterocycles. The van der Waals surface area contributed by atoms with E-state index in [-0.39, 0.29) is 0 Å². The molecule has 1 aliphatic rings. The van der Waals surface area contributed by atoms with Gasteiger partial charge in [0, 0.05) is 10.6 Å². The molecular formula is C13H14ClN3. The van der Waals surface area contributed by atoms with Crippen LogP contribution in [-0.4, -0.2) is 16.5 Å². The van der Waals surface area contributed by atoms with Gasteiger partial charge in [0.1, 0.15) is 5.82 Å². The monoisotopic (exact) mass is 247 g/mol. The standard InChI is InChI=1S/C13H14ClN3/c14-10-5-2-1-4-9(10)12-8-16-13(17-12)11-6-3-7-15-11/h1-2,4-5,8,11,15H,3,6-7H2,(H,16,17)/t11-/m1/s1. The first kappa shape index (κ1) is 10.8. The zero-order chi connectivity index (χ0) is 11.7. The lowest BCUT2D eigenvalue weighted by Crippen LogP contribution is -2.14. The van der Waals surface area contributed by atoms with Gasteiger partial charge in [0.05, 0.1) is 17.9 Å². The molecule has 0 amide bonds. The van der Waals surface area contributed by atoms with E-state index in [1.165, 1.54) is 6.42 Å². The van der Waals surface area contributed by atoms with E-state index in [1.54, 1.807) is 0 Å². The molecule has 0 saturated carbocycles. The lowest BCUT2D eigenvalue weighted by atomic mass is 10.2. The Morgan fingerprint density at radius 2 is 2.18 bits per heavy atom. The van der Waals surface area contributed by atoms with Gasteiger partial charge in [0.25, 0.3) is 0 Å². The number of aromatic nitrogens is 2. The van der Waals surface area contributed by atoms with Crippen LogP contribution in [0.25, 0.3) is 11.3 Å². The molecule has 2 heterocycles. The Morgan fingerprint density at radius 3 is 2.94 bits per heavy atom. The topological polar surface area (TPSA) is 40.7 Å². The van der Waals surface area contributed by atoms with Gasteiger partial charge in [-0.2, -0.15) is 0 Å². The Morgan fingerprint density at radius 1 is 1.29 bits per heavy atom. The maximum atomic E-state index is 6.16. The van der Waals surface area contributed by atoms with Gasteiger partial charge >= 0.3 is 0 Å². The van der Waals surface area contributed by atoms with E-state index < -0.39 is 0 Å². The molecule has 0 radical (unpaired) electrons. The predicted molar refractivity (Wildman–Crippen MR) is 69.0 cm³/mol. The maximum Gasteiger partial charge on any atom is 0.123 e. The van der Waals surface area contributed by atoms with E-state index in [2.05, 4.69) is 15.3 Å². The van der Waals surface area contributed by atoms with Crippen LogP contribution in [0.15, 0.2) is 30.5 Å². The average Bonchev–Trinajstić information content (AvgIpc) is 3.00. The lowest BCUT2D eigenvalue weighted by molar-refractivity contribution is 0.613. The van der Waals surface area contributed by atoms with Crippen LogP contribution in [-0.2, 0) is 0 Å². The largest absolute Gasteiger partial charge is 0.341 e. The fourth-order valence-corrected chi connectivity index (χ4v) is 2.49. The predicted octanol–water partition coefficient (Wildman–Crippen LogP) is 3.15. The average molecular weight is 248 g/mol. The molecule has 1 aromatic heterocycles. The highest BCUT2D eigenvalue weighted by atomic mass is 35.5. The van der Waals surface area contributed by atoms with Crippen molar-refractivity contribution in [2.24, 2.45) is 0 Å². The quantitative estimate of drug-likeness (QED) is 0.856. The third-order valence-electron chi connectivity index (χ3n) is 3.15. The van der Waals surface area contributed by atoms with Crippen molar-refractivity contribution in [2.45, 2.75) is 18.9 Å². The van der Waals surface area contributed by atoms with Crippen LogP contribution in [0.4, 0.5) is 0 Å². The van der Waals surface area contributed by atoms with Gasteiger partial charge in [-0.15, -0.1) is 0 Å². The van der Waals surface area contributed by atoms with Gasteiger partial charge in [0.2, 0.25) is 0 Å². The van der Waals surface area contributed by atoms with Crippen molar-refractivity contribution >= 4 is 11.6 Å². The van der Waals surface area contributed by atoms with E-state index in [4.69, 9.17) is 11.6 Å². The number of hydrogen-bond donors (Lipinski definition) is 2. The SMILES string of the molecule is Clc1ccccc1-c1cnc([C@H]2CCCN2)[nH]1. The summed E-state index contributed by atoms with van der Waals surface area (Å²) in [6.45, 7) is 1.08. The molecule has 0 spiro atoms. The summed E-state index contributed by atoms with van der Waals surface area (Å²) in [6.07, 6.45) is 4.22. The molecule has 1 aromatic carbocycles. The van der Waals surface area contributed by atoms with E-state index in [0.29, 0.717) is 6.04 Å². The number of rotatable bonds is 2. The van der Waals surface area contributed by atoms with Crippen molar-refractivity contribution in [3.8, 4) is 11.3 Å². The third-order valence-corrected chi connectivity index (χ3v) is 3.48. The molecule has 1 saturated heterocycles. The van der Waals surface area contributed by atoms with Gasteiger partial charge in [-0.1, -0.05) is 29.8 Å². The number of hydrogen-bond acceptors (Lipinski definition) is 2. The van der Waals surface area contributed by atoms with Crippen LogP contribution in [0.3, 0.4) is 0 Å². The van der Waals surface area contributed by atoms with Crippen molar-refractivity contribution < 1.29 is 0 Å². The van der Waals surface area contributed by atoms with Crippen molar-refractivity contribution in [1.29, 1.82) is 0 Å². The number of imidazole rings is 1. The van der Waals surface area contributed by atoms with Crippen LogP contribution in [0.1, 0.15) is 24.7 Å². The highest BCUT2D eigenvalue weighted by Gasteiger charge is 2.19. The highest BCUT2D eigenvalue weighted by molar-refractivity contribution is 6.33. The normalized spacial score (nSPS) is 19.7. The maximum absolute atomic E-state index is 6.16. The van der Waals surface area contributed by atoms with Gasteiger partial charge in [-0.05, 0) is 25.5 Å². The Balaban J connectivity index is 1.92. The Labute approximate surface area is 105 Å². The minimum Gasteiger partial charge on any atom is -0.341 e. The van der Waals surface area contributed by atoms with Gasteiger partial charge < -0.3 is 10.3 Å². The molecule has 4 heteroatoms. The smallest absolute Gasteiger partial charge is 0.123 e. The fraction of sp³-hybridized carbons (Fsp3) is 0.308. The first-order valence-corrected chi connectivity index (χ1v) is 6.25. The zero-order valence-corrected chi connectivity index (χ0v) is 10.2. The summed E-state index contributed by atoms with van der Waals surface area (Å²) in [6, 6.07) is 8.18. The minimum absolute atomic E-state index is 0.367. The molecule has 0 unspecified atom stereocenters. The van der Waals surface area contributed by atoms with Crippen molar-refractivity contribution in [1.82, 2.24) is 15.3 Å². The van der Waals surface area contributed by atoms with Gasteiger partial charge in [-0.25, -0.2) is 4.98 Å². The van der Waals surface area contributed by atoms with Crippen molar-refractivity contribution in [2.75, 3.05) is 6.54 Å². The summed E-state index contributed by atoms with van der Waals surface area (Å²) in [5.74, 6) is 1.01. The van der Waals surface area contributed by atoms with Gasteiger partial charge in [0.15, 0.2) is 0 Å². The number of aromatic amines is 1. The summed E-state index contributed by atoms with van der Waals surface area (Å²) < 4.78 is 0.